The van der Waals surface area contributed by atoms with E-state index in [0.29, 0.717) is 24.6 Å². The molecular formula is C16H20N2O2. The molecule has 0 bridgehead atoms. The monoisotopic (exact) mass is 272 g/mol. The van der Waals surface area contributed by atoms with Crippen LogP contribution in [0.25, 0.3) is 0 Å². The molecule has 4 heteroatoms. The number of nitrogens with one attached hydrogen (secondary N) is 1. The lowest BCUT2D eigenvalue weighted by molar-refractivity contribution is 0.342. The second-order valence-corrected chi connectivity index (χ2v) is 4.35. The summed E-state index contributed by atoms with van der Waals surface area (Å²) >= 11 is 0. The van der Waals surface area contributed by atoms with Gasteiger partial charge in [0.25, 0.3) is 0 Å². The Bertz CT molecular complexity index is 553. The number of benzene rings is 2. The van der Waals surface area contributed by atoms with Crippen LogP contribution in [0.4, 0.5) is 11.4 Å². The van der Waals surface area contributed by atoms with E-state index in [1.807, 2.05) is 49.4 Å². The third kappa shape index (κ3) is 3.35. The number of rotatable bonds is 6. The molecule has 0 aromatic heterocycles. The maximum absolute atomic E-state index is 6.07. The molecule has 2 aromatic carbocycles. The van der Waals surface area contributed by atoms with Crippen molar-refractivity contribution in [1.29, 1.82) is 0 Å². The van der Waals surface area contributed by atoms with Crippen molar-refractivity contribution in [3.8, 4) is 11.5 Å². The quantitative estimate of drug-likeness (QED) is 0.792. The van der Waals surface area contributed by atoms with Gasteiger partial charge >= 0.3 is 0 Å². The third-order valence-electron chi connectivity index (χ3n) is 3.01. The zero-order chi connectivity index (χ0) is 14.4. The minimum absolute atomic E-state index is 0.603. The van der Waals surface area contributed by atoms with E-state index in [0.717, 1.165) is 17.0 Å². The molecule has 2 aromatic rings. The van der Waals surface area contributed by atoms with Gasteiger partial charge in [0.15, 0.2) is 0 Å². The topological polar surface area (TPSA) is 56.5 Å². The number of ether oxygens (including phenoxy) is 2. The fraction of sp³-hybridized carbons (Fsp3) is 0.250. The lowest BCUT2D eigenvalue weighted by atomic mass is 10.2. The second kappa shape index (κ2) is 6.70. The molecule has 0 saturated carbocycles. The molecule has 0 aliphatic carbocycles. The van der Waals surface area contributed by atoms with E-state index in [4.69, 9.17) is 15.2 Å². The Hall–Kier alpha value is -2.36. The molecule has 0 heterocycles. The summed E-state index contributed by atoms with van der Waals surface area (Å²) in [6.45, 7) is 3.24. The van der Waals surface area contributed by atoms with Gasteiger partial charge in [-0.1, -0.05) is 18.2 Å². The summed E-state index contributed by atoms with van der Waals surface area (Å²) in [5.74, 6) is 1.57. The normalized spacial score (nSPS) is 10.1. The smallest absolute Gasteiger partial charge is 0.144 e. The lowest BCUT2D eigenvalue weighted by Gasteiger charge is -2.13. The zero-order valence-corrected chi connectivity index (χ0v) is 11.8. The van der Waals surface area contributed by atoms with E-state index in [2.05, 4.69) is 5.32 Å². The largest absolute Gasteiger partial charge is 0.497 e. The van der Waals surface area contributed by atoms with Crippen LogP contribution in [0.3, 0.4) is 0 Å². The molecule has 4 nitrogen and oxygen atoms in total. The Morgan fingerprint density at radius 2 is 1.85 bits per heavy atom. The van der Waals surface area contributed by atoms with Crippen LogP contribution in [-0.2, 0) is 6.54 Å². The number of para-hydroxylation sites is 1. The number of anilines is 2. The number of nitrogens with two attached hydrogens (primary N) is 1. The SMILES string of the molecule is CCOc1cccc(NCc2ccc(OC)cc2)c1N. The molecule has 0 atom stereocenters. The Balaban J connectivity index is 2.04. The Morgan fingerprint density at radius 1 is 1.10 bits per heavy atom. The van der Waals surface area contributed by atoms with Crippen LogP contribution in [0.2, 0.25) is 0 Å². The minimum Gasteiger partial charge on any atom is -0.497 e. The molecular weight excluding hydrogens is 252 g/mol. The lowest BCUT2D eigenvalue weighted by Crippen LogP contribution is -2.04. The van der Waals surface area contributed by atoms with E-state index in [-0.39, 0.29) is 0 Å². The van der Waals surface area contributed by atoms with Crippen molar-refractivity contribution in [2.45, 2.75) is 13.5 Å². The first-order chi connectivity index (χ1) is 9.74. The standard InChI is InChI=1S/C16H20N2O2/c1-3-20-15-6-4-5-14(16(15)17)18-11-12-7-9-13(19-2)10-8-12/h4-10,18H,3,11,17H2,1-2H3. The maximum atomic E-state index is 6.07. The molecule has 0 fully saturated rings. The number of hydrogen-bond donors (Lipinski definition) is 2. The molecule has 0 unspecified atom stereocenters. The van der Waals surface area contributed by atoms with Gasteiger partial charge in [0.05, 0.1) is 25.1 Å². The highest BCUT2D eigenvalue weighted by Gasteiger charge is 2.05. The Labute approximate surface area is 119 Å². The van der Waals surface area contributed by atoms with Crippen molar-refractivity contribution in [3.63, 3.8) is 0 Å². The molecule has 0 aliphatic heterocycles. The van der Waals surface area contributed by atoms with E-state index >= 15 is 0 Å². The van der Waals surface area contributed by atoms with Crippen LogP contribution < -0.4 is 20.5 Å². The predicted molar refractivity (Wildman–Crippen MR) is 82.3 cm³/mol. The third-order valence-corrected chi connectivity index (χ3v) is 3.01. The van der Waals surface area contributed by atoms with Gasteiger partial charge in [-0.25, -0.2) is 0 Å². The fourth-order valence-corrected chi connectivity index (χ4v) is 1.92. The molecule has 0 saturated heterocycles. The van der Waals surface area contributed by atoms with E-state index in [1.165, 1.54) is 0 Å². The summed E-state index contributed by atoms with van der Waals surface area (Å²) in [5, 5.41) is 3.32. The molecule has 20 heavy (non-hydrogen) atoms. The van der Waals surface area contributed by atoms with Crippen LogP contribution in [0, 0.1) is 0 Å². The Kier molecular flexibility index (Phi) is 4.71. The maximum Gasteiger partial charge on any atom is 0.144 e. The van der Waals surface area contributed by atoms with Gasteiger partial charge in [0, 0.05) is 6.54 Å². The summed E-state index contributed by atoms with van der Waals surface area (Å²) in [7, 11) is 1.66. The van der Waals surface area contributed by atoms with Gasteiger partial charge < -0.3 is 20.5 Å². The van der Waals surface area contributed by atoms with Gasteiger partial charge in [-0.05, 0) is 36.8 Å². The van der Waals surface area contributed by atoms with E-state index < -0.39 is 0 Å². The van der Waals surface area contributed by atoms with Crippen LogP contribution in [0.5, 0.6) is 11.5 Å². The number of methoxy groups -OCH3 is 1. The molecule has 0 aliphatic rings. The summed E-state index contributed by atoms with van der Waals surface area (Å²) in [6, 6.07) is 13.7. The van der Waals surface area contributed by atoms with Crippen molar-refractivity contribution >= 4 is 11.4 Å². The fourth-order valence-electron chi connectivity index (χ4n) is 1.92. The van der Waals surface area contributed by atoms with Crippen molar-refractivity contribution < 1.29 is 9.47 Å². The highest BCUT2D eigenvalue weighted by atomic mass is 16.5. The average molecular weight is 272 g/mol. The van der Waals surface area contributed by atoms with E-state index in [9.17, 15) is 0 Å². The molecule has 0 amide bonds. The first-order valence-corrected chi connectivity index (χ1v) is 6.62. The van der Waals surface area contributed by atoms with Crippen LogP contribution in [-0.4, -0.2) is 13.7 Å². The van der Waals surface area contributed by atoms with Gasteiger partial charge in [-0.15, -0.1) is 0 Å². The van der Waals surface area contributed by atoms with Gasteiger partial charge in [-0.3, -0.25) is 0 Å². The summed E-state index contributed by atoms with van der Waals surface area (Å²) in [6.07, 6.45) is 0. The van der Waals surface area contributed by atoms with Crippen molar-refractivity contribution in [2.24, 2.45) is 0 Å². The van der Waals surface area contributed by atoms with E-state index in [1.54, 1.807) is 7.11 Å². The zero-order valence-electron chi connectivity index (χ0n) is 11.8. The van der Waals surface area contributed by atoms with Crippen molar-refractivity contribution in [3.05, 3.63) is 48.0 Å². The van der Waals surface area contributed by atoms with Crippen molar-refractivity contribution in [1.82, 2.24) is 0 Å². The first-order valence-electron chi connectivity index (χ1n) is 6.62. The van der Waals surface area contributed by atoms with Gasteiger partial charge in [0.1, 0.15) is 11.5 Å². The summed E-state index contributed by atoms with van der Waals surface area (Å²) < 4.78 is 10.6. The van der Waals surface area contributed by atoms with Crippen molar-refractivity contribution in [2.75, 3.05) is 24.8 Å². The number of nitrogen functional groups attached to an aromatic ring is 1. The first kappa shape index (κ1) is 14.1. The highest BCUT2D eigenvalue weighted by molar-refractivity contribution is 5.72. The van der Waals surface area contributed by atoms with Crippen LogP contribution in [0.1, 0.15) is 12.5 Å². The molecule has 106 valence electrons. The van der Waals surface area contributed by atoms with Crippen LogP contribution in [0.15, 0.2) is 42.5 Å². The minimum atomic E-state index is 0.603. The van der Waals surface area contributed by atoms with Crippen LogP contribution >= 0.6 is 0 Å². The average Bonchev–Trinajstić information content (AvgIpc) is 2.49. The molecule has 0 spiro atoms. The summed E-state index contributed by atoms with van der Waals surface area (Å²) in [4.78, 5) is 0. The van der Waals surface area contributed by atoms with Gasteiger partial charge in [0.2, 0.25) is 0 Å². The molecule has 3 N–H and O–H groups in total. The van der Waals surface area contributed by atoms with Gasteiger partial charge in [-0.2, -0.15) is 0 Å². The molecule has 0 radical (unpaired) electrons. The number of hydrogen-bond acceptors (Lipinski definition) is 4. The predicted octanol–water partition coefficient (Wildman–Crippen LogP) is 3.29. The molecule has 2 rings (SSSR count). The second-order valence-electron chi connectivity index (χ2n) is 4.35. The summed E-state index contributed by atoms with van der Waals surface area (Å²) in [5.41, 5.74) is 8.75. The highest BCUT2D eigenvalue weighted by Crippen LogP contribution is 2.29. The Morgan fingerprint density at radius 3 is 2.50 bits per heavy atom.